The van der Waals surface area contributed by atoms with Gasteiger partial charge in [0.25, 0.3) is 0 Å². The Balaban J connectivity index is 2.02. The minimum atomic E-state index is -0.214. The van der Waals surface area contributed by atoms with E-state index < -0.39 is 0 Å². The predicted octanol–water partition coefficient (Wildman–Crippen LogP) is 2.16. The first kappa shape index (κ1) is 14.8. The molecule has 0 amide bonds. The summed E-state index contributed by atoms with van der Waals surface area (Å²) in [5, 5.41) is 18.6. The summed E-state index contributed by atoms with van der Waals surface area (Å²) in [6.07, 6.45) is 1.84. The molecule has 108 valence electrons. The lowest BCUT2D eigenvalue weighted by atomic mass is 9.92. The Hall–Kier alpha value is -1.57. The van der Waals surface area contributed by atoms with Gasteiger partial charge < -0.3 is 9.84 Å². The minimum absolute atomic E-state index is 0.214. The number of hydrogen-bond acceptors (Lipinski definition) is 4. The van der Waals surface area contributed by atoms with Gasteiger partial charge >= 0.3 is 0 Å². The third-order valence-corrected chi connectivity index (χ3v) is 4.12. The van der Waals surface area contributed by atoms with Gasteiger partial charge in [-0.1, -0.05) is 0 Å². The minimum Gasteiger partial charge on any atom is -0.496 e. The van der Waals surface area contributed by atoms with Crippen LogP contribution >= 0.6 is 0 Å². The van der Waals surface area contributed by atoms with Crippen LogP contribution < -0.4 is 4.74 Å². The quantitative estimate of drug-likeness (QED) is 0.914. The van der Waals surface area contributed by atoms with E-state index in [1.54, 1.807) is 13.2 Å². The standard InChI is InChI=1S/C16H22N2O2/c1-12(19)14-5-7-18(8-6-14)11-15-9-13(10-17)3-4-16(15)20-2/h3-4,9,12,14,19H,5-8,11H2,1-2H3. The zero-order valence-corrected chi connectivity index (χ0v) is 12.2. The average Bonchev–Trinajstić information content (AvgIpc) is 2.47. The van der Waals surface area contributed by atoms with Gasteiger partial charge in [0.15, 0.2) is 0 Å². The maximum Gasteiger partial charge on any atom is 0.123 e. The number of hydrogen-bond donors (Lipinski definition) is 1. The van der Waals surface area contributed by atoms with Crippen molar-refractivity contribution in [1.29, 1.82) is 5.26 Å². The summed E-state index contributed by atoms with van der Waals surface area (Å²) in [5.74, 6) is 1.25. The molecular formula is C16H22N2O2. The Morgan fingerprint density at radius 2 is 2.15 bits per heavy atom. The van der Waals surface area contributed by atoms with E-state index in [0.717, 1.165) is 43.8 Å². The van der Waals surface area contributed by atoms with E-state index in [4.69, 9.17) is 10.00 Å². The molecule has 1 saturated heterocycles. The molecule has 20 heavy (non-hydrogen) atoms. The molecule has 0 bridgehead atoms. The first-order valence-corrected chi connectivity index (χ1v) is 7.11. The topological polar surface area (TPSA) is 56.5 Å². The third kappa shape index (κ3) is 3.50. The van der Waals surface area contributed by atoms with Gasteiger partial charge in [-0.2, -0.15) is 5.26 Å². The predicted molar refractivity (Wildman–Crippen MR) is 77.4 cm³/mol. The molecule has 1 fully saturated rings. The van der Waals surface area contributed by atoms with Crippen LogP contribution in [0.25, 0.3) is 0 Å². The Labute approximate surface area is 120 Å². The molecular weight excluding hydrogens is 252 g/mol. The molecule has 1 heterocycles. The van der Waals surface area contributed by atoms with Crippen molar-refractivity contribution in [3.63, 3.8) is 0 Å². The number of likely N-dealkylation sites (tertiary alicyclic amines) is 1. The van der Waals surface area contributed by atoms with E-state index in [9.17, 15) is 5.11 Å². The van der Waals surface area contributed by atoms with E-state index >= 15 is 0 Å². The molecule has 0 aliphatic carbocycles. The van der Waals surface area contributed by atoms with Gasteiger partial charge in [-0.3, -0.25) is 4.90 Å². The van der Waals surface area contributed by atoms with Crippen LogP contribution in [-0.2, 0) is 6.54 Å². The van der Waals surface area contributed by atoms with Crippen LogP contribution in [0.1, 0.15) is 30.9 Å². The van der Waals surface area contributed by atoms with Gasteiger partial charge in [0.1, 0.15) is 5.75 Å². The normalized spacial score (nSPS) is 18.5. The maximum atomic E-state index is 9.63. The van der Waals surface area contributed by atoms with Crippen LogP contribution in [0.2, 0.25) is 0 Å². The van der Waals surface area contributed by atoms with Crippen molar-refractivity contribution < 1.29 is 9.84 Å². The Kier molecular flexibility index (Phi) is 4.99. The zero-order valence-electron chi connectivity index (χ0n) is 12.2. The average molecular weight is 274 g/mol. The molecule has 1 aliphatic rings. The van der Waals surface area contributed by atoms with Gasteiger partial charge in [-0.15, -0.1) is 0 Å². The Morgan fingerprint density at radius 1 is 1.45 bits per heavy atom. The summed E-state index contributed by atoms with van der Waals surface area (Å²) in [7, 11) is 1.66. The molecule has 2 rings (SSSR count). The van der Waals surface area contributed by atoms with Crippen molar-refractivity contribution >= 4 is 0 Å². The van der Waals surface area contributed by atoms with Crippen molar-refractivity contribution in [3.05, 3.63) is 29.3 Å². The Bertz CT molecular complexity index is 486. The van der Waals surface area contributed by atoms with E-state index in [-0.39, 0.29) is 6.10 Å². The highest BCUT2D eigenvalue weighted by molar-refractivity contribution is 5.42. The summed E-state index contributed by atoms with van der Waals surface area (Å²) < 4.78 is 5.37. The van der Waals surface area contributed by atoms with Crippen LogP contribution in [0.15, 0.2) is 18.2 Å². The van der Waals surface area contributed by atoms with Crippen molar-refractivity contribution in [3.8, 4) is 11.8 Å². The molecule has 1 aromatic carbocycles. The third-order valence-electron chi connectivity index (χ3n) is 4.12. The number of methoxy groups -OCH3 is 1. The lowest BCUT2D eigenvalue weighted by Crippen LogP contribution is -2.36. The van der Waals surface area contributed by atoms with Crippen molar-refractivity contribution in [2.45, 2.75) is 32.4 Å². The SMILES string of the molecule is COc1ccc(C#N)cc1CN1CCC(C(C)O)CC1. The van der Waals surface area contributed by atoms with Crippen LogP contribution in [0, 0.1) is 17.2 Å². The largest absolute Gasteiger partial charge is 0.496 e. The van der Waals surface area contributed by atoms with E-state index in [0.29, 0.717) is 11.5 Å². The van der Waals surface area contributed by atoms with Crippen molar-refractivity contribution in [1.82, 2.24) is 4.90 Å². The lowest BCUT2D eigenvalue weighted by molar-refractivity contribution is 0.0693. The van der Waals surface area contributed by atoms with Crippen molar-refractivity contribution in [2.24, 2.45) is 5.92 Å². The summed E-state index contributed by atoms with van der Waals surface area (Å²) in [6, 6.07) is 7.71. The second-order valence-electron chi connectivity index (χ2n) is 5.49. The van der Waals surface area contributed by atoms with E-state index in [2.05, 4.69) is 11.0 Å². The number of nitriles is 1. The summed E-state index contributed by atoms with van der Waals surface area (Å²) in [4.78, 5) is 2.36. The molecule has 1 aromatic rings. The number of aliphatic hydroxyl groups excluding tert-OH is 1. The fourth-order valence-corrected chi connectivity index (χ4v) is 2.81. The zero-order chi connectivity index (χ0) is 14.5. The van der Waals surface area contributed by atoms with Crippen LogP contribution in [0.3, 0.4) is 0 Å². The van der Waals surface area contributed by atoms with Crippen LogP contribution in [-0.4, -0.2) is 36.3 Å². The van der Waals surface area contributed by atoms with Gasteiger partial charge in [-0.25, -0.2) is 0 Å². The molecule has 0 saturated carbocycles. The van der Waals surface area contributed by atoms with Crippen LogP contribution in [0.4, 0.5) is 0 Å². The smallest absolute Gasteiger partial charge is 0.123 e. The van der Waals surface area contributed by atoms with Gasteiger partial charge in [0.2, 0.25) is 0 Å². The second kappa shape index (κ2) is 6.74. The molecule has 4 heteroatoms. The van der Waals surface area contributed by atoms with Crippen molar-refractivity contribution in [2.75, 3.05) is 20.2 Å². The molecule has 1 N–H and O–H groups in total. The highest BCUT2D eigenvalue weighted by atomic mass is 16.5. The fraction of sp³-hybridized carbons (Fsp3) is 0.562. The van der Waals surface area contributed by atoms with E-state index in [1.807, 2.05) is 19.1 Å². The molecule has 0 aromatic heterocycles. The number of piperidine rings is 1. The number of rotatable bonds is 4. The van der Waals surface area contributed by atoms with Crippen LogP contribution in [0.5, 0.6) is 5.75 Å². The molecule has 1 aliphatic heterocycles. The molecule has 4 nitrogen and oxygen atoms in total. The van der Waals surface area contributed by atoms with Gasteiger partial charge in [0.05, 0.1) is 24.8 Å². The summed E-state index contributed by atoms with van der Waals surface area (Å²) >= 11 is 0. The monoisotopic (exact) mass is 274 g/mol. The molecule has 1 atom stereocenters. The molecule has 1 unspecified atom stereocenters. The van der Waals surface area contributed by atoms with Gasteiger partial charge in [0, 0.05) is 12.1 Å². The second-order valence-corrected chi connectivity index (χ2v) is 5.49. The summed E-state index contributed by atoms with van der Waals surface area (Å²) in [5.41, 5.74) is 1.72. The number of ether oxygens (including phenoxy) is 1. The first-order valence-electron chi connectivity index (χ1n) is 7.11. The van der Waals surface area contributed by atoms with E-state index in [1.165, 1.54) is 0 Å². The molecule has 0 spiro atoms. The summed E-state index contributed by atoms with van der Waals surface area (Å²) in [6.45, 7) is 4.63. The highest BCUT2D eigenvalue weighted by Gasteiger charge is 2.23. The molecule has 0 radical (unpaired) electrons. The highest BCUT2D eigenvalue weighted by Crippen LogP contribution is 2.25. The number of nitrogens with zero attached hydrogens (tertiary/aromatic N) is 2. The fourth-order valence-electron chi connectivity index (χ4n) is 2.81. The lowest BCUT2D eigenvalue weighted by Gasteiger charge is -2.33. The Morgan fingerprint density at radius 3 is 2.70 bits per heavy atom. The number of aliphatic hydroxyl groups is 1. The number of benzene rings is 1. The first-order chi connectivity index (χ1) is 9.63. The maximum absolute atomic E-state index is 9.63. The van der Waals surface area contributed by atoms with Gasteiger partial charge in [-0.05, 0) is 57.0 Å².